The van der Waals surface area contributed by atoms with E-state index in [2.05, 4.69) is 17.9 Å². The molecule has 0 bridgehead atoms. The highest BCUT2D eigenvalue weighted by atomic mass is 35.5. The Morgan fingerprint density at radius 3 is 3.00 bits per heavy atom. The SMILES string of the molecule is CC(c1ccccc1Cl)N1CCC2SC(=O)C=C2C1. The van der Waals surface area contributed by atoms with Crippen molar-refractivity contribution in [2.24, 2.45) is 0 Å². The zero-order chi connectivity index (χ0) is 13.4. The summed E-state index contributed by atoms with van der Waals surface area (Å²) in [5.41, 5.74) is 2.44. The van der Waals surface area contributed by atoms with Gasteiger partial charge in [-0.05, 0) is 36.6 Å². The number of likely N-dealkylation sites (tertiary alicyclic amines) is 1. The molecule has 1 aromatic carbocycles. The molecule has 4 heteroatoms. The lowest BCUT2D eigenvalue weighted by molar-refractivity contribution is -0.106. The average molecular weight is 294 g/mol. The summed E-state index contributed by atoms with van der Waals surface area (Å²) < 4.78 is 0. The molecule has 2 heterocycles. The van der Waals surface area contributed by atoms with Crippen LogP contribution in [-0.2, 0) is 4.79 Å². The van der Waals surface area contributed by atoms with Crippen molar-refractivity contribution in [2.45, 2.75) is 24.6 Å². The van der Waals surface area contributed by atoms with Crippen LogP contribution >= 0.6 is 23.4 Å². The Kier molecular flexibility index (Phi) is 3.70. The minimum absolute atomic E-state index is 0.215. The van der Waals surface area contributed by atoms with Crippen molar-refractivity contribution < 1.29 is 4.79 Å². The summed E-state index contributed by atoms with van der Waals surface area (Å²) >= 11 is 7.75. The molecule has 3 rings (SSSR count). The molecule has 1 aromatic rings. The Hall–Kier alpha value is -0.770. The van der Waals surface area contributed by atoms with Crippen molar-refractivity contribution in [2.75, 3.05) is 13.1 Å². The van der Waals surface area contributed by atoms with Crippen LogP contribution in [0.1, 0.15) is 24.9 Å². The predicted octanol–water partition coefficient (Wildman–Crippen LogP) is 3.68. The smallest absolute Gasteiger partial charge is 0.212 e. The lowest BCUT2D eigenvalue weighted by atomic mass is 9.99. The van der Waals surface area contributed by atoms with Crippen LogP contribution in [0.3, 0.4) is 0 Å². The van der Waals surface area contributed by atoms with Gasteiger partial charge in [-0.1, -0.05) is 41.6 Å². The monoisotopic (exact) mass is 293 g/mol. The second kappa shape index (κ2) is 5.31. The summed E-state index contributed by atoms with van der Waals surface area (Å²) in [7, 11) is 0. The van der Waals surface area contributed by atoms with Crippen LogP contribution in [-0.4, -0.2) is 28.4 Å². The summed E-state index contributed by atoms with van der Waals surface area (Å²) in [5, 5.41) is 1.46. The van der Waals surface area contributed by atoms with Crippen LogP contribution in [0.5, 0.6) is 0 Å². The lowest BCUT2D eigenvalue weighted by Gasteiger charge is -2.36. The highest BCUT2D eigenvalue weighted by Gasteiger charge is 2.33. The molecule has 1 fully saturated rings. The zero-order valence-electron chi connectivity index (χ0n) is 10.8. The average Bonchev–Trinajstić information content (AvgIpc) is 2.77. The second-order valence-corrected chi connectivity index (χ2v) is 6.72. The molecular weight excluding hydrogens is 278 g/mol. The topological polar surface area (TPSA) is 20.3 Å². The number of hydrogen-bond donors (Lipinski definition) is 0. The molecule has 2 unspecified atom stereocenters. The fraction of sp³-hybridized carbons (Fsp3) is 0.400. The molecule has 0 aliphatic carbocycles. The third-order valence-electron chi connectivity index (χ3n) is 3.94. The van der Waals surface area contributed by atoms with Gasteiger partial charge in [0.15, 0.2) is 0 Å². The molecule has 0 spiro atoms. The first-order chi connectivity index (χ1) is 9.15. The standard InChI is InChI=1S/C15H16ClNOS/c1-10(12-4-2-3-5-13(12)16)17-7-6-14-11(9-17)8-15(18)19-14/h2-5,8,10,14H,6-7,9H2,1H3. The van der Waals surface area contributed by atoms with Crippen LogP contribution in [0.15, 0.2) is 35.9 Å². The van der Waals surface area contributed by atoms with Gasteiger partial charge in [0.2, 0.25) is 5.12 Å². The molecule has 2 aliphatic rings. The minimum Gasteiger partial charge on any atom is -0.293 e. The number of halogens is 1. The van der Waals surface area contributed by atoms with Crippen LogP contribution in [0.2, 0.25) is 5.02 Å². The Morgan fingerprint density at radius 2 is 2.21 bits per heavy atom. The zero-order valence-corrected chi connectivity index (χ0v) is 12.4. The fourth-order valence-corrected chi connectivity index (χ4v) is 4.13. The Labute approximate surface area is 122 Å². The largest absolute Gasteiger partial charge is 0.293 e. The maximum atomic E-state index is 11.5. The van der Waals surface area contributed by atoms with E-state index >= 15 is 0 Å². The quantitative estimate of drug-likeness (QED) is 0.830. The van der Waals surface area contributed by atoms with Gasteiger partial charge in [0.05, 0.1) is 0 Å². The Balaban J connectivity index is 1.78. The number of carbonyl (C=O) groups is 1. The van der Waals surface area contributed by atoms with Gasteiger partial charge in [0, 0.05) is 29.4 Å². The van der Waals surface area contributed by atoms with E-state index < -0.39 is 0 Å². The summed E-state index contributed by atoms with van der Waals surface area (Å²) in [4.78, 5) is 13.9. The molecule has 19 heavy (non-hydrogen) atoms. The second-order valence-electron chi connectivity index (χ2n) is 5.10. The lowest BCUT2D eigenvalue weighted by Crippen LogP contribution is -2.37. The van der Waals surface area contributed by atoms with Gasteiger partial charge in [0.25, 0.3) is 0 Å². The van der Waals surface area contributed by atoms with E-state index in [0.717, 1.165) is 24.5 Å². The number of thioether (sulfide) groups is 1. The number of rotatable bonds is 2. The van der Waals surface area contributed by atoms with Crippen molar-refractivity contribution in [1.82, 2.24) is 4.90 Å². The fourth-order valence-electron chi connectivity index (χ4n) is 2.82. The number of benzene rings is 1. The van der Waals surface area contributed by atoms with Gasteiger partial charge in [-0.2, -0.15) is 0 Å². The van der Waals surface area contributed by atoms with Crippen LogP contribution in [0, 0.1) is 0 Å². The number of fused-ring (bicyclic) bond motifs is 1. The maximum Gasteiger partial charge on any atom is 0.212 e. The molecule has 100 valence electrons. The van der Waals surface area contributed by atoms with Gasteiger partial charge >= 0.3 is 0 Å². The molecule has 0 amide bonds. The van der Waals surface area contributed by atoms with Gasteiger partial charge in [-0.25, -0.2) is 0 Å². The van der Waals surface area contributed by atoms with Crippen molar-refractivity contribution in [1.29, 1.82) is 0 Å². The molecule has 0 aromatic heterocycles. The number of piperidine rings is 1. The Bertz CT molecular complexity index is 543. The maximum absolute atomic E-state index is 11.5. The van der Waals surface area contributed by atoms with Crippen LogP contribution in [0.4, 0.5) is 0 Å². The number of carbonyl (C=O) groups excluding carboxylic acids is 1. The van der Waals surface area contributed by atoms with Crippen LogP contribution < -0.4 is 0 Å². The first kappa shape index (κ1) is 13.2. The molecule has 2 atom stereocenters. The number of nitrogens with zero attached hydrogens (tertiary/aromatic N) is 1. The van der Waals surface area contributed by atoms with E-state index in [1.54, 1.807) is 0 Å². The van der Waals surface area contributed by atoms with Crippen molar-refractivity contribution in [3.8, 4) is 0 Å². The van der Waals surface area contributed by atoms with E-state index in [4.69, 9.17) is 11.6 Å². The number of hydrogen-bond acceptors (Lipinski definition) is 3. The molecule has 2 nitrogen and oxygen atoms in total. The molecule has 0 N–H and O–H groups in total. The van der Waals surface area contributed by atoms with Crippen molar-refractivity contribution >= 4 is 28.5 Å². The minimum atomic E-state index is 0.215. The van der Waals surface area contributed by atoms with E-state index in [1.165, 1.54) is 22.9 Å². The van der Waals surface area contributed by atoms with Crippen molar-refractivity contribution in [3.05, 3.63) is 46.5 Å². The first-order valence-corrected chi connectivity index (χ1v) is 7.80. The molecule has 0 radical (unpaired) electrons. The third kappa shape index (κ3) is 2.60. The summed E-state index contributed by atoms with van der Waals surface area (Å²) in [5.74, 6) is 0. The highest BCUT2D eigenvalue weighted by molar-refractivity contribution is 8.15. The van der Waals surface area contributed by atoms with Gasteiger partial charge in [0.1, 0.15) is 0 Å². The van der Waals surface area contributed by atoms with Gasteiger partial charge < -0.3 is 0 Å². The molecule has 2 aliphatic heterocycles. The van der Waals surface area contributed by atoms with Crippen LogP contribution in [0.25, 0.3) is 0 Å². The van der Waals surface area contributed by atoms with Gasteiger partial charge in [-0.3, -0.25) is 9.69 Å². The highest BCUT2D eigenvalue weighted by Crippen LogP contribution is 2.38. The van der Waals surface area contributed by atoms with E-state index in [9.17, 15) is 4.79 Å². The summed E-state index contributed by atoms with van der Waals surface area (Å²) in [6, 6.07) is 8.30. The van der Waals surface area contributed by atoms with E-state index in [1.807, 2.05) is 24.3 Å². The third-order valence-corrected chi connectivity index (χ3v) is 5.46. The van der Waals surface area contributed by atoms with Gasteiger partial charge in [-0.15, -0.1) is 0 Å². The van der Waals surface area contributed by atoms with Crippen molar-refractivity contribution in [3.63, 3.8) is 0 Å². The first-order valence-electron chi connectivity index (χ1n) is 6.54. The molecular formula is C15H16ClNOS. The summed E-state index contributed by atoms with van der Waals surface area (Å²) in [6.45, 7) is 4.09. The molecule has 0 saturated carbocycles. The Morgan fingerprint density at radius 1 is 1.42 bits per heavy atom. The van der Waals surface area contributed by atoms with E-state index in [-0.39, 0.29) is 11.2 Å². The normalized spacial score (nSPS) is 25.1. The van der Waals surface area contributed by atoms with E-state index in [0.29, 0.717) is 5.25 Å². The predicted molar refractivity (Wildman–Crippen MR) is 80.5 cm³/mol. The molecule has 1 saturated heterocycles. The summed E-state index contributed by atoms with van der Waals surface area (Å²) in [6.07, 6.45) is 2.87.